The molecule has 0 radical (unpaired) electrons. The third-order valence-electron chi connectivity index (χ3n) is 3.23. The number of ketones is 1. The summed E-state index contributed by atoms with van der Waals surface area (Å²) in [6, 6.07) is 4.04. The fourth-order valence-electron chi connectivity index (χ4n) is 2.11. The number of hydrogen-bond donors (Lipinski definition) is 0. The van der Waals surface area contributed by atoms with Crippen molar-refractivity contribution >= 4 is 5.78 Å². The zero-order valence-corrected chi connectivity index (χ0v) is 13.4. The molecular formula is C16H25FN2O2. The van der Waals surface area contributed by atoms with E-state index < -0.39 is 5.82 Å². The summed E-state index contributed by atoms with van der Waals surface area (Å²) in [6.45, 7) is 4.90. The number of carbonyl (C=O) groups is 1. The van der Waals surface area contributed by atoms with Crippen LogP contribution in [-0.2, 0) is 0 Å². The topological polar surface area (TPSA) is 32.8 Å². The lowest BCUT2D eigenvalue weighted by Crippen LogP contribution is -2.36. The number of carbonyl (C=O) groups excluding carboxylic acids is 1. The Morgan fingerprint density at radius 2 is 1.95 bits per heavy atom. The standard InChI is InChI=1S/C16H25FN2O2/c1-5-8-19(10-9-18(2)3)12-15(20)14-11-13(17)6-7-16(14)21-4/h6-7,11H,5,8-10,12H2,1-4H3. The van der Waals surface area contributed by atoms with Gasteiger partial charge in [0.1, 0.15) is 11.6 Å². The summed E-state index contributed by atoms with van der Waals surface area (Å²) in [5.41, 5.74) is 0.309. The lowest BCUT2D eigenvalue weighted by atomic mass is 10.1. The van der Waals surface area contributed by atoms with Crippen molar-refractivity contribution in [3.63, 3.8) is 0 Å². The van der Waals surface area contributed by atoms with E-state index in [1.807, 2.05) is 14.1 Å². The Morgan fingerprint density at radius 3 is 2.52 bits per heavy atom. The molecule has 118 valence electrons. The van der Waals surface area contributed by atoms with Crippen LogP contribution in [0.1, 0.15) is 23.7 Å². The van der Waals surface area contributed by atoms with Gasteiger partial charge in [0.25, 0.3) is 0 Å². The lowest BCUT2D eigenvalue weighted by molar-refractivity contribution is 0.0921. The Bertz CT molecular complexity index is 464. The van der Waals surface area contributed by atoms with Crippen molar-refractivity contribution in [3.8, 4) is 5.75 Å². The summed E-state index contributed by atoms with van der Waals surface area (Å²) in [5.74, 6) is -0.113. The summed E-state index contributed by atoms with van der Waals surface area (Å²) >= 11 is 0. The van der Waals surface area contributed by atoms with Crippen LogP contribution in [0.5, 0.6) is 5.75 Å². The van der Waals surface area contributed by atoms with Crippen LogP contribution in [-0.4, -0.2) is 63.0 Å². The Labute approximate surface area is 126 Å². The van der Waals surface area contributed by atoms with Crippen LogP contribution in [0, 0.1) is 5.82 Å². The summed E-state index contributed by atoms with van der Waals surface area (Å²) < 4.78 is 18.5. The second-order valence-electron chi connectivity index (χ2n) is 5.35. The van der Waals surface area contributed by atoms with E-state index in [0.29, 0.717) is 11.3 Å². The monoisotopic (exact) mass is 296 g/mol. The van der Waals surface area contributed by atoms with Crippen molar-refractivity contribution in [2.24, 2.45) is 0 Å². The molecule has 0 aliphatic rings. The van der Waals surface area contributed by atoms with E-state index in [0.717, 1.165) is 26.1 Å². The Morgan fingerprint density at radius 1 is 1.24 bits per heavy atom. The van der Waals surface area contributed by atoms with Crippen molar-refractivity contribution in [1.82, 2.24) is 9.80 Å². The number of methoxy groups -OCH3 is 1. The second kappa shape index (κ2) is 8.74. The number of nitrogens with zero attached hydrogens (tertiary/aromatic N) is 2. The Hall–Kier alpha value is -1.46. The summed E-state index contributed by atoms with van der Waals surface area (Å²) in [6.07, 6.45) is 0.973. The zero-order chi connectivity index (χ0) is 15.8. The third kappa shape index (κ3) is 5.81. The van der Waals surface area contributed by atoms with Gasteiger partial charge in [0.05, 0.1) is 19.2 Å². The average molecular weight is 296 g/mol. The number of hydrogen-bond acceptors (Lipinski definition) is 4. The van der Waals surface area contributed by atoms with Gasteiger partial charge in [-0.3, -0.25) is 9.69 Å². The van der Waals surface area contributed by atoms with Crippen molar-refractivity contribution in [2.75, 3.05) is 47.4 Å². The molecule has 0 N–H and O–H groups in total. The molecule has 0 aliphatic carbocycles. The second-order valence-corrected chi connectivity index (χ2v) is 5.35. The van der Waals surface area contributed by atoms with E-state index in [4.69, 9.17) is 4.74 Å². The molecule has 0 atom stereocenters. The third-order valence-corrected chi connectivity index (χ3v) is 3.23. The number of rotatable bonds is 9. The molecule has 5 heteroatoms. The number of benzene rings is 1. The molecular weight excluding hydrogens is 271 g/mol. The van der Waals surface area contributed by atoms with Gasteiger partial charge < -0.3 is 9.64 Å². The molecule has 1 aromatic carbocycles. The minimum absolute atomic E-state index is 0.112. The first-order valence-electron chi connectivity index (χ1n) is 7.21. The Kier molecular flexibility index (Phi) is 7.32. The van der Waals surface area contributed by atoms with E-state index in [9.17, 15) is 9.18 Å². The maximum atomic E-state index is 13.4. The first-order chi connectivity index (χ1) is 9.97. The molecule has 0 amide bonds. The van der Waals surface area contributed by atoms with Gasteiger partial charge in [0.15, 0.2) is 5.78 Å². The first kappa shape index (κ1) is 17.6. The molecule has 0 heterocycles. The molecule has 0 bridgehead atoms. The predicted octanol–water partition coefficient (Wildman–Crippen LogP) is 2.29. The van der Waals surface area contributed by atoms with Crippen LogP contribution in [0.4, 0.5) is 4.39 Å². The van der Waals surface area contributed by atoms with Crippen LogP contribution >= 0.6 is 0 Å². The fraction of sp³-hybridized carbons (Fsp3) is 0.562. The van der Waals surface area contributed by atoms with E-state index in [-0.39, 0.29) is 12.3 Å². The van der Waals surface area contributed by atoms with E-state index in [2.05, 4.69) is 16.7 Å². The zero-order valence-electron chi connectivity index (χ0n) is 13.4. The number of likely N-dealkylation sites (N-methyl/N-ethyl adjacent to an activating group) is 1. The van der Waals surface area contributed by atoms with Crippen molar-refractivity contribution in [2.45, 2.75) is 13.3 Å². The maximum absolute atomic E-state index is 13.4. The van der Waals surface area contributed by atoms with E-state index >= 15 is 0 Å². The van der Waals surface area contributed by atoms with Gasteiger partial charge in [-0.15, -0.1) is 0 Å². The van der Waals surface area contributed by atoms with Crippen LogP contribution in [0.3, 0.4) is 0 Å². The molecule has 0 saturated carbocycles. The van der Waals surface area contributed by atoms with Crippen LogP contribution in [0.15, 0.2) is 18.2 Å². The molecule has 0 aliphatic heterocycles. The normalized spacial score (nSPS) is 11.2. The largest absolute Gasteiger partial charge is 0.496 e. The van der Waals surface area contributed by atoms with Crippen molar-refractivity contribution < 1.29 is 13.9 Å². The van der Waals surface area contributed by atoms with Crippen molar-refractivity contribution in [3.05, 3.63) is 29.6 Å². The quantitative estimate of drug-likeness (QED) is 0.655. The SMILES string of the molecule is CCCN(CCN(C)C)CC(=O)c1cc(F)ccc1OC. The Balaban J connectivity index is 2.78. The van der Waals surface area contributed by atoms with Crippen LogP contribution < -0.4 is 4.74 Å². The van der Waals surface area contributed by atoms with Gasteiger partial charge in [-0.05, 0) is 45.3 Å². The molecule has 1 aromatic rings. The van der Waals surface area contributed by atoms with Crippen molar-refractivity contribution in [1.29, 1.82) is 0 Å². The van der Waals surface area contributed by atoms with Gasteiger partial charge >= 0.3 is 0 Å². The molecule has 0 spiro atoms. The summed E-state index contributed by atoms with van der Waals surface area (Å²) in [7, 11) is 5.49. The molecule has 0 saturated heterocycles. The first-order valence-corrected chi connectivity index (χ1v) is 7.21. The molecule has 21 heavy (non-hydrogen) atoms. The molecule has 0 unspecified atom stereocenters. The smallest absolute Gasteiger partial charge is 0.180 e. The highest BCUT2D eigenvalue weighted by molar-refractivity contribution is 6.00. The van der Waals surface area contributed by atoms with Gasteiger partial charge in [0.2, 0.25) is 0 Å². The van der Waals surface area contributed by atoms with E-state index in [1.165, 1.54) is 25.3 Å². The molecule has 0 aromatic heterocycles. The predicted molar refractivity (Wildman–Crippen MR) is 82.6 cm³/mol. The van der Waals surface area contributed by atoms with Crippen LogP contribution in [0.25, 0.3) is 0 Å². The lowest BCUT2D eigenvalue weighted by Gasteiger charge is -2.23. The number of ether oxygens (including phenoxy) is 1. The van der Waals surface area contributed by atoms with Gasteiger partial charge in [-0.1, -0.05) is 6.92 Å². The van der Waals surface area contributed by atoms with Gasteiger partial charge in [-0.2, -0.15) is 0 Å². The summed E-state index contributed by atoms with van der Waals surface area (Å²) in [4.78, 5) is 16.6. The molecule has 1 rings (SSSR count). The van der Waals surface area contributed by atoms with E-state index in [1.54, 1.807) is 0 Å². The average Bonchev–Trinajstić information content (AvgIpc) is 2.44. The number of halogens is 1. The minimum atomic E-state index is -0.422. The van der Waals surface area contributed by atoms with Gasteiger partial charge in [0, 0.05) is 13.1 Å². The molecule has 0 fully saturated rings. The summed E-state index contributed by atoms with van der Waals surface area (Å²) in [5, 5.41) is 0. The van der Waals surface area contributed by atoms with Gasteiger partial charge in [-0.25, -0.2) is 4.39 Å². The highest BCUT2D eigenvalue weighted by atomic mass is 19.1. The molecule has 4 nitrogen and oxygen atoms in total. The maximum Gasteiger partial charge on any atom is 0.180 e. The number of Topliss-reactive ketones (excluding diaryl/α,β-unsaturated/α-hetero) is 1. The fourth-order valence-corrected chi connectivity index (χ4v) is 2.11. The van der Waals surface area contributed by atoms with Crippen LogP contribution in [0.2, 0.25) is 0 Å². The highest BCUT2D eigenvalue weighted by Crippen LogP contribution is 2.20. The highest BCUT2D eigenvalue weighted by Gasteiger charge is 2.17. The minimum Gasteiger partial charge on any atom is -0.496 e.